The zero-order valence-electron chi connectivity index (χ0n) is 13.0. The van der Waals surface area contributed by atoms with Crippen molar-refractivity contribution in [2.24, 2.45) is 0 Å². The highest BCUT2D eigenvalue weighted by atomic mass is 79.9. The van der Waals surface area contributed by atoms with Gasteiger partial charge in [-0.25, -0.2) is 0 Å². The smallest absolute Gasteiger partial charge is 0.293 e. The first-order valence-corrected chi connectivity index (χ1v) is 8.90. The van der Waals surface area contributed by atoms with Gasteiger partial charge in [0.25, 0.3) is 6.47 Å². The summed E-state index contributed by atoms with van der Waals surface area (Å²) in [5.74, 6) is 0. The van der Waals surface area contributed by atoms with E-state index >= 15 is 0 Å². The van der Waals surface area contributed by atoms with Gasteiger partial charge < -0.3 is 15.2 Å². The minimum absolute atomic E-state index is 0.354. The van der Waals surface area contributed by atoms with Crippen LogP contribution in [0.5, 0.6) is 0 Å². The number of nitrogens with one attached hydrogen (secondary N) is 1. The standard InChI is InChI=1S/C9H18BrNO.C8H8O2/c10-6-2-1-3-9(12)4-7-11-8-5-9;9-7-10-6-8-4-2-1-3-5-8/h11-12H,1-8H2;1-5,7H,6H2. The fraction of sp³-hybridized carbons (Fsp3) is 0.588. The Kier molecular flexibility index (Phi) is 10.1. The average Bonchev–Trinajstić information content (AvgIpc) is 2.55. The number of halogens is 1. The maximum Gasteiger partial charge on any atom is 0.293 e. The highest BCUT2D eigenvalue weighted by Crippen LogP contribution is 2.24. The molecular weight excluding hydrogens is 346 g/mol. The molecule has 2 rings (SSSR count). The Bertz CT molecular complexity index is 394. The molecule has 4 nitrogen and oxygen atoms in total. The lowest BCUT2D eigenvalue weighted by Crippen LogP contribution is -2.41. The molecule has 2 N–H and O–H groups in total. The van der Waals surface area contributed by atoms with E-state index in [0.29, 0.717) is 13.1 Å². The quantitative estimate of drug-likeness (QED) is 0.439. The summed E-state index contributed by atoms with van der Waals surface area (Å²) in [7, 11) is 0. The van der Waals surface area contributed by atoms with E-state index in [1.165, 1.54) is 6.42 Å². The Balaban J connectivity index is 0.000000224. The van der Waals surface area contributed by atoms with E-state index in [4.69, 9.17) is 0 Å². The van der Waals surface area contributed by atoms with Crippen LogP contribution >= 0.6 is 15.9 Å². The Morgan fingerprint density at radius 2 is 1.91 bits per heavy atom. The molecule has 0 bridgehead atoms. The molecule has 0 spiro atoms. The molecular formula is C17H26BrNO3. The monoisotopic (exact) mass is 371 g/mol. The van der Waals surface area contributed by atoms with E-state index in [2.05, 4.69) is 26.0 Å². The van der Waals surface area contributed by atoms with Crippen LogP contribution in [0.3, 0.4) is 0 Å². The summed E-state index contributed by atoms with van der Waals surface area (Å²) >= 11 is 3.40. The van der Waals surface area contributed by atoms with E-state index < -0.39 is 0 Å². The second kappa shape index (κ2) is 11.6. The zero-order chi connectivity index (χ0) is 16.1. The molecule has 0 amide bonds. The molecule has 1 aliphatic rings. The lowest BCUT2D eigenvalue weighted by Gasteiger charge is -2.32. The Morgan fingerprint density at radius 3 is 2.50 bits per heavy atom. The number of hydrogen-bond donors (Lipinski definition) is 2. The van der Waals surface area contributed by atoms with Gasteiger partial charge in [-0.15, -0.1) is 0 Å². The van der Waals surface area contributed by atoms with Crippen molar-refractivity contribution in [1.29, 1.82) is 0 Å². The summed E-state index contributed by atoms with van der Waals surface area (Å²) in [6, 6.07) is 9.55. The number of alkyl halides is 1. The van der Waals surface area contributed by atoms with Crippen molar-refractivity contribution >= 4 is 22.4 Å². The van der Waals surface area contributed by atoms with Gasteiger partial charge in [0.1, 0.15) is 6.61 Å². The lowest BCUT2D eigenvalue weighted by molar-refractivity contribution is -0.129. The van der Waals surface area contributed by atoms with Gasteiger partial charge in [0, 0.05) is 5.33 Å². The maximum atomic E-state index is 10.0. The number of hydrogen-bond acceptors (Lipinski definition) is 4. The van der Waals surface area contributed by atoms with Crippen LogP contribution in [0.15, 0.2) is 30.3 Å². The molecule has 0 aromatic heterocycles. The van der Waals surface area contributed by atoms with E-state index in [1.54, 1.807) is 0 Å². The van der Waals surface area contributed by atoms with Gasteiger partial charge in [0.15, 0.2) is 0 Å². The van der Waals surface area contributed by atoms with Gasteiger partial charge in [0.05, 0.1) is 5.60 Å². The van der Waals surface area contributed by atoms with Crippen LogP contribution in [0, 0.1) is 0 Å². The van der Waals surface area contributed by atoms with Crippen molar-refractivity contribution in [2.45, 2.75) is 44.3 Å². The van der Waals surface area contributed by atoms with Crippen LogP contribution in [0.2, 0.25) is 0 Å². The molecule has 1 aromatic rings. The number of piperidine rings is 1. The predicted octanol–water partition coefficient (Wildman–Crippen LogP) is 3.03. The number of carbonyl (C=O) groups excluding carboxylic acids is 1. The van der Waals surface area contributed by atoms with Gasteiger partial charge in [-0.3, -0.25) is 4.79 Å². The summed E-state index contributed by atoms with van der Waals surface area (Å²) in [5, 5.41) is 14.4. The molecule has 1 fully saturated rings. The largest absolute Gasteiger partial charge is 0.463 e. The molecule has 0 saturated carbocycles. The number of carbonyl (C=O) groups is 1. The average molecular weight is 372 g/mol. The summed E-state index contributed by atoms with van der Waals surface area (Å²) < 4.78 is 4.54. The molecule has 124 valence electrons. The third-order valence-corrected chi connectivity index (χ3v) is 4.28. The number of rotatable bonds is 7. The number of benzene rings is 1. The molecule has 0 radical (unpaired) electrons. The molecule has 0 atom stereocenters. The molecule has 1 saturated heterocycles. The van der Waals surface area contributed by atoms with E-state index in [0.717, 1.165) is 49.7 Å². The highest BCUT2D eigenvalue weighted by molar-refractivity contribution is 9.09. The number of unbranched alkanes of at least 4 members (excludes halogenated alkanes) is 1. The van der Waals surface area contributed by atoms with Gasteiger partial charge in [0.2, 0.25) is 0 Å². The number of ether oxygens (including phenoxy) is 1. The lowest BCUT2D eigenvalue weighted by atomic mass is 9.87. The fourth-order valence-corrected chi connectivity index (χ4v) is 2.79. The van der Waals surface area contributed by atoms with Crippen LogP contribution in [-0.2, 0) is 16.1 Å². The minimum atomic E-state index is -0.354. The summed E-state index contributed by atoms with van der Waals surface area (Å²) in [6.07, 6.45) is 5.14. The predicted molar refractivity (Wildman–Crippen MR) is 92.0 cm³/mol. The first-order chi connectivity index (χ1) is 10.7. The second-order valence-electron chi connectivity index (χ2n) is 5.51. The van der Waals surface area contributed by atoms with Crippen molar-refractivity contribution in [1.82, 2.24) is 5.32 Å². The first kappa shape index (κ1) is 19.1. The first-order valence-electron chi connectivity index (χ1n) is 7.78. The second-order valence-corrected chi connectivity index (χ2v) is 6.31. The maximum absolute atomic E-state index is 10.0. The third kappa shape index (κ3) is 8.51. The topological polar surface area (TPSA) is 58.6 Å². The third-order valence-electron chi connectivity index (χ3n) is 3.72. The van der Waals surface area contributed by atoms with Gasteiger partial charge >= 0.3 is 0 Å². The summed E-state index contributed by atoms with van der Waals surface area (Å²) in [4.78, 5) is 9.76. The van der Waals surface area contributed by atoms with Crippen LogP contribution < -0.4 is 5.32 Å². The fourth-order valence-electron chi connectivity index (χ4n) is 2.40. The van der Waals surface area contributed by atoms with E-state index in [1.807, 2.05) is 30.3 Å². The Labute approximate surface area is 141 Å². The summed E-state index contributed by atoms with van der Waals surface area (Å²) in [6.45, 7) is 2.77. The SMILES string of the molecule is O=COCc1ccccc1.OC1(CCCCBr)CCNCC1. The molecule has 5 heteroatoms. The van der Waals surface area contributed by atoms with Gasteiger partial charge in [-0.05, 0) is 50.8 Å². The molecule has 0 unspecified atom stereocenters. The zero-order valence-corrected chi connectivity index (χ0v) is 14.6. The number of aliphatic hydroxyl groups is 1. The van der Waals surface area contributed by atoms with Crippen LogP contribution in [-0.4, -0.2) is 35.6 Å². The molecule has 1 aliphatic heterocycles. The van der Waals surface area contributed by atoms with Crippen molar-refractivity contribution in [2.75, 3.05) is 18.4 Å². The normalized spacial score (nSPS) is 16.3. The van der Waals surface area contributed by atoms with Crippen LogP contribution in [0.1, 0.15) is 37.7 Å². The minimum Gasteiger partial charge on any atom is -0.463 e. The van der Waals surface area contributed by atoms with Crippen molar-refractivity contribution in [3.63, 3.8) is 0 Å². The van der Waals surface area contributed by atoms with E-state index in [-0.39, 0.29) is 5.60 Å². The molecule has 0 aliphatic carbocycles. The van der Waals surface area contributed by atoms with Crippen molar-refractivity contribution in [3.05, 3.63) is 35.9 Å². The van der Waals surface area contributed by atoms with Gasteiger partial charge in [-0.2, -0.15) is 0 Å². The van der Waals surface area contributed by atoms with Crippen LogP contribution in [0.25, 0.3) is 0 Å². The molecule has 1 heterocycles. The summed E-state index contributed by atoms with van der Waals surface area (Å²) in [5.41, 5.74) is 0.655. The Morgan fingerprint density at radius 1 is 1.23 bits per heavy atom. The Hall–Kier alpha value is -0.910. The molecule has 1 aromatic carbocycles. The van der Waals surface area contributed by atoms with E-state index in [9.17, 15) is 9.90 Å². The highest BCUT2D eigenvalue weighted by Gasteiger charge is 2.27. The van der Waals surface area contributed by atoms with Gasteiger partial charge in [-0.1, -0.05) is 46.3 Å². The van der Waals surface area contributed by atoms with Crippen molar-refractivity contribution in [3.8, 4) is 0 Å². The van der Waals surface area contributed by atoms with Crippen LogP contribution in [0.4, 0.5) is 0 Å². The molecule has 22 heavy (non-hydrogen) atoms. The van der Waals surface area contributed by atoms with Crippen molar-refractivity contribution < 1.29 is 14.6 Å².